The van der Waals surface area contributed by atoms with Crippen molar-refractivity contribution < 1.29 is 80.1 Å². The van der Waals surface area contributed by atoms with Crippen LogP contribution in [0.2, 0.25) is 0 Å². The van der Waals surface area contributed by atoms with Gasteiger partial charge in [0.15, 0.2) is 0 Å². The highest BCUT2D eigenvalue weighted by molar-refractivity contribution is 5.75. The normalized spacial score (nSPS) is 31.3. The molecule has 11 nitrogen and oxygen atoms in total. The van der Waals surface area contributed by atoms with Gasteiger partial charge in [0.25, 0.3) is 5.60 Å². The molecule has 0 aromatic carbocycles. The molecule has 0 aliphatic heterocycles. The highest BCUT2D eigenvalue weighted by Crippen LogP contribution is 2.60. The molecular formula is C42H68F6O11. The average Bonchev–Trinajstić information content (AvgIpc) is 3.74. The first-order valence-electron chi connectivity index (χ1n) is 21.2. The minimum atomic E-state index is -5.78. The lowest BCUT2D eigenvalue weighted by molar-refractivity contribution is -0.373. The summed E-state index contributed by atoms with van der Waals surface area (Å²) in [7, 11) is 0. The monoisotopic (exact) mass is 862 g/mol. The van der Waals surface area contributed by atoms with E-state index in [-0.39, 0.29) is 80.2 Å². The van der Waals surface area contributed by atoms with E-state index >= 15 is 0 Å². The predicted molar refractivity (Wildman–Crippen MR) is 202 cm³/mol. The molecule has 6 bridgehead atoms. The molecule has 0 aromatic heterocycles. The summed E-state index contributed by atoms with van der Waals surface area (Å²) in [5, 5.41) is 36.3. The Balaban J connectivity index is 0.000000254. The second-order valence-corrected chi connectivity index (χ2v) is 18.6. The lowest BCUT2D eigenvalue weighted by Gasteiger charge is -2.60. The molecule has 6 aliphatic rings. The van der Waals surface area contributed by atoms with Gasteiger partial charge in [0.05, 0.1) is 42.7 Å². The predicted octanol–water partition coefficient (Wildman–Crippen LogP) is 7.23. The summed E-state index contributed by atoms with van der Waals surface area (Å²) in [6, 6.07) is 0. The van der Waals surface area contributed by atoms with E-state index in [1.54, 1.807) is 6.92 Å². The van der Waals surface area contributed by atoms with Gasteiger partial charge in [0.2, 0.25) is 0 Å². The quantitative estimate of drug-likeness (QED) is 0.0702. The molecule has 6 aliphatic carbocycles. The van der Waals surface area contributed by atoms with Crippen LogP contribution in [0.15, 0.2) is 0 Å². The van der Waals surface area contributed by atoms with Crippen molar-refractivity contribution in [1.82, 2.24) is 0 Å². The van der Waals surface area contributed by atoms with Crippen LogP contribution in [0.5, 0.6) is 0 Å². The summed E-state index contributed by atoms with van der Waals surface area (Å²) >= 11 is 0. The second kappa shape index (κ2) is 20.3. The summed E-state index contributed by atoms with van der Waals surface area (Å²) < 4.78 is 99.2. The van der Waals surface area contributed by atoms with Gasteiger partial charge in [-0.15, -0.1) is 0 Å². The van der Waals surface area contributed by atoms with Gasteiger partial charge in [-0.25, -0.2) is 0 Å². The molecule has 0 amide bonds. The minimum Gasteiger partial charge on any atom is -0.463 e. The van der Waals surface area contributed by atoms with E-state index in [2.05, 4.69) is 0 Å². The molecular weight excluding hydrogens is 794 g/mol. The largest absolute Gasteiger partial charge is 0.463 e. The van der Waals surface area contributed by atoms with E-state index in [1.165, 1.54) is 6.42 Å². The molecule has 6 saturated carbocycles. The van der Waals surface area contributed by atoms with Crippen LogP contribution in [0.1, 0.15) is 132 Å². The van der Waals surface area contributed by atoms with E-state index < -0.39 is 59.8 Å². The summed E-state index contributed by atoms with van der Waals surface area (Å²) in [5.74, 6) is -1.51. The number of ether oxygens (including phenoxy) is 4. The number of hydrogen-bond donors (Lipinski definition) is 4. The van der Waals surface area contributed by atoms with Crippen LogP contribution in [0.25, 0.3) is 0 Å². The van der Waals surface area contributed by atoms with E-state index in [4.69, 9.17) is 29.2 Å². The molecule has 9 unspecified atom stereocenters. The van der Waals surface area contributed by atoms with Crippen molar-refractivity contribution >= 4 is 17.9 Å². The van der Waals surface area contributed by atoms with Gasteiger partial charge in [0, 0.05) is 6.42 Å². The number of aliphatic hydroxyl groups is 4. The highest BCUT2D eigenvalue weighted by Gasteiger charge is 2.71. The van der Waals surface area contributed by atoms with Crippen molar-refractivity contribution in [2.75, 3.05) is 26.4 Å². The topological polar surface area (TPSA) is 169 Å². The maximum Gasteiger partial charge on any atom is 0.426 e. The molecule has 0 spiro atoms. The number of esters is 3. The third-order valence-electron chi connectivity index (χ3n) is 13.6. The third kappa shape index (κ3) is 12.7. The van der Waals surface area contributed by atoms with Gasteiger partial charge < -0.3 is 39.4 Å². The Morgan fingerprint density at radius 2 is 1.32 bits per heavy atom. The lowest BCUT2D eigenvalue weighted by Crippen LogP contribution is -2.62. The van der Waals surface area contributed by atoms with Gasteiger partial charge >= 0.3 is 30.3 Å². The zero-order chi connectivity index (χ0) is 44.8. The Morgan fingerprint density at radius 1 is 0.780 bits per heavy atom. The van der Waals surface area contributed by atoms with Gasteiger partial charge in [-0.05, 0) is 120 Å². The molecule has 0 radical (unpaired) electrons. The van der Waals surface area contributed by atoms with Crippen LogP contribution >= 0.6 is 0 Å². The summed E-state index contributed by atoms with van der Waals surface area (Å²) in [6.07, 6.45) is -5.49. The Labute approximate surface area is 344 Å². The molecule has 9 atom stereocenters. The minimum absolute atomic E-state index is 0.0592. The fourth-order valence-electron chi connectivity index (χ4n) is 9.61. The van der Waals surface area contributed by atoms with Crippen molar-refractivity contribution in [2.24, 2.45) is 46.8 Å². The number of halogens is 6. The average molecular weight is 863 g/mol. The van der Waals surface area contributed by atoms with Crippen LogP contribution in [-0.2, 0) is 33.3 Å². The zero-order valence-corrected chi connectivity index (χ0v) is 35.6. The molecule has 0 heterocycles. The number of rotatable bonds is 16. The molecule has 4 N–H and O–H groups in total. The first-order valence-corrected chi connectivity index (χ1v) is 21.2. The Kier molecular flexibility index (Phi) is 17.6. The van der Waals surface area contributed by atoms with E-state index in [9.17, 15) is 50.9 Å². The molecule has 0 aromatic rings. The number of carbonyl (C=O) groups is 3. The summed E-state index contributed by atoms with van der Waals surface area (Å²) in [5.41, 5.74) is -5.77. The molecule has 344 valence electrons. The molecule has 6 fully saturated rings. The second-order valence-electron chi connectivity index (χ2n) is 18.6. The number of alkyl halides is 6. The lowest BCUT2D eigenvalue weighted by atomic mass is 9.52. The van der Waals surface area contributed by atoms with Crippen LogP contribution in [0.4, 0.5) is 26.3 Å². The molecule has 17 heteroatoms. The van der Waals surface area contributed by atoms with Gasteiger partial charge in [-0.1, -0.05) is 34.6 Å². The third-order valence-corrected chi connectivity index (χ3v) is 13.6. The molecule has 59 heavy (non-hydrogen) atoms. The number of fused-ring (bicyclic) bond motifs is 2. The van der Waals surface area contributed by atoms with Crippen LogP contribution in [0, 0.1) is 46.8 Å². The van der Waals surface area contributed by atoms with E-state index in [0.29, 0.717) is 24.7 Å². The van der Waals surface area contributed by atoms with Crippen molar-refractivity contribution in [3.63, 3.8) is 0 Å². The zero-order valence-electron chi connectivity index (χ0n) is 35.6. The Bertz CT molecular complexity index is 1360. The molecule has 0 saturated heterocycles. The maximum atomic E-state index is 12.8. The van der Waals surface area contributed by atoms with Crippen molar-refractivity contribution in [2.45, 2.75) is 173 Å². The number of carbonyl (C=O) groups excluding carboxylic acids is 3. The standard InChI is InChI=1S/C18H30O5.C16H22F6O3.C8H16O3/c1-3-12(2)16(21)23-18-7-13-4-14(8-18)6-17(5-13,11-18)22-10-15(20)9-19;1-3-8(2)13(23)25-12-6-9-4-10(12)5-11(9)7-14(24,15(17,18)19)16(20,21)22;1-4-8(2,3)7(10)11-6-5-9/h12-15,19-20H,3-11H2,1-2H3;8-12,24H,3-7H2,1-2H3;9H,4-6H2,1-3H3. The van der Waals surface area contributed by atoms with E-state index in [1.807, 2.05) is 41.5 Å². The van der Waals surface area contributed by atoms with Crippen molar-refractivity contribution in [3.05, 3.63) is 0 Å². The Morgan fingerprint density at radius 3 is 1.78 bits per heavy atom. The maximum absolute atomic E-state index is 12.8. The van der Waals surface area contributed by atoms with Crippen LogP contribution in [0.3, 0.4) is 0 Å². The fourth-order valence-corrected chi connectivity index (χ4v) is 9.61. The fraction of sp³-hybridized carbons (Fsp3) is 0.929. The van der Waals surface area contributed by atoms with E-state index in [0.717, 1.165) is 44.9 Å². The SMILES string of the molecule is CCC(C)(C)C(=O)OCCO.CCC(C)C(=O)OC12CC3CC(CC(OCC(O)CO)(C3)C1)C2.CCC(C)C(=O)OC1CC2CC1CC2CC(O)(C(F)(F)F)C(F)(F)F. The first-order chi connectivity index (χ1) is 27.2. The first kappa shape index (κ1) is 51.1. The number of aliphatic hydroxyl groups excluding tert-OH is 3. The highest BCUT2D eigenvalue weighted by atomic mass is 19.4. The number of hydrogen-bond acceptors (Lipinski definition) is 11. The van der Waals surface area contributed by atoms with Gasteiger partial charge in [-0.2, -0.15) is 26.3 Å². The van der Waals surface area contributed by atoms with Gasteiger partial charge in [0.1, 0.15) is 24.4 Å². The smallest absolute Gasteiger partial charge is 0.426 e. The summed E-state index contributed by atoms with van der Waals surface area (Å²) in [6.45, 7) is 12.9. The van der Waals surface area contributed by atoms with Crippen molar-refractivity contribution in [3.8, 4) is 0 Å². The van der Waals surface area contributed by atoms with Crippen molar-refractivity contribution in [1.29, 1.82) is 0 Å². The molecule has 6 rings (SSSR count). The van der Waals surface area contributed by atoms with Crippen LogP contribution < -0.4 is 0 Å². The van der Waals surface area contributed by atoms with Gasteiger partial charge in [-0.3, -0.25) is 14.4 Å². The van der Waals surface area contributed by atoms with Crippen LogP contribution in [-0.4, -0.2) is 106 Å². The Hall–Kier alpha value is -2.21. The summed E-state index contributed by atoms with van der Waals surface area (Å²) in [4.78, 5) is 35.3.